The fraction of sp³-hybridized carbons (Fsp3) is 0.0909. The molecule has 0 radical (unpaired) electrons. The van der Waals surface area contributed by atoms with Crippen molar-refractivity contribution in [2.45, 2.75) is 0 Å². The average Bonchev–Trinajstić information content (AvgIpc) is 2.72. The van der Waals surface area contributed by atoms with Crippen molar-refractivity contribution in [3.05, 3.63) is 48.2 Å². The Kier molecular flexibility index (Phi) is 1.97. The molecule has 5 heteroatoms. The summed E-state index contributed by atoms with van der Waals surface area (Å²) in [6.45, 7) is 0.660. The predicted octanol–water partition coefficient (Wildman–Crippen LogP) is 0.797. The lowest BCUT2D eigenvalue weighted by atomic mass is 10.1. The molecule has 0 unspecified atom stereocenters. The van der Waals surface area contributed by atoms with Gasteiger partial charge in [0.05, 0.1) is 5.70 Å². The highest BCUT2D eigenvalue weighted by Gasteiger charge is 2.22. The Morgan fingerprint density at radius 2 is 2.31 bits per heavy atom. The largest absolute Gasteiger partial charge is 0.493 e. The molecule has 1 aromatic rings. The number of nitrogens with zero attached hydrogens (tertiary/aromatic N) is 3. The molecule has 2 aliphatic heterocycles. The maximum absolute atomic E-state index is 9.33. The molecule has 3 rings (SSSR count). The SMILES string of the molecule is Oc1ccnc(C2=C3C=CC=CN3NC2)n1. The van der Waals surface area contributed by atoms with Gasteiger partial charge in [0.2, 0.25) is 5.88 Å². The van der Waals surface area contributed by atoms with Gasteiger partial charge in [-0.25, -0.2) is 10.4 Å². The van der Waals surface area contributed by atoms with Gasteiger partial charge < -0.3 is 5.11 Å². The van der Waals surface area contributed by atoms with E-state index in [-0.39, 0.29) is 5.88 Å². The van der Waals surface area contributed by atoms with E-state index in [2.05, 4.69) is 15.4 Å². The van der Waals surface area contributed by atoms with Crippen LogP contribution < -0.4 is 5.43 Å². The number of nitrogens with one attached hydrogen (secondary N) is 1. The first kappa shape index (κ1) is 9.11. The van der Waals surface area contributed by atoms with E-state index in [0.29, 0.717) is 12.4 Å². The molecule has 0 atom stereocenters. The van der Waals surface area contributed by atoms with Crippen LogP contribution in [0, 0.1) is 0 Å². The standard InChI is InChI=1S/C11H10N4O/c16-10-4-5-12-11(14-10)8-7-13-15-6-2-1-3-9(8)15/h1-6,13H,7H2,(H,12,14,16). The van der Waals surface area contributed by atoms with Crippen LogP contribution in [0.3, 0.4) is 0 Å². The molecule has 80 valence electrons. The third-order valence-electron chi connectivity index (χ3n) is 2.51. The van der Waals surface area contributed by atoms with E-state index < -0.39 is 0 Å². The van der Waals surface area contributed by atoms with Gasteiger partial charge in [0.1, 0.15) is 0 Å². The Morgan fingerprint density at radius 1 is 1.38 bits per heavy atom. The van der Waals surface area contributed by atoms with Gasteiger partial charge in [0, 0.05) is 30.6 Å². The molecular formula is C11H10N4O. The van der Waals surface area contributed by atoms with E-state index in [1.165, 1.54) is 6.07 Å². The summed E-state index contributed by atoms with van der Waals surface area (Å²) in [6.07, 6.45) is 9.38. The number of rotatable bonds is 1. The van der Waals surface area contributed by atoms with Crippen LogP contribution in [0.2, 0.25) is 0 Å². The molecule has 0 fully saturated rings. The van der Waals surface area contributed by atoms with Crippen LogP contribution in [-0.2, 0) is 0 Å². The Balaban J connectivity index is 2.08. The molecule has 16 heavy (non-hydrogen) atoms. The van der Waals surface area contributed by atoms with Gasteiger partial charge in [-0.1, -0.05) is 6.08 Å². The summed E-state index contributed by atoms with van der Waals surface area (Å²) in [5, 5.41) is 11.2. The maximum atomic E-state index is 9.33. The summed E-state index contributed by atoms with van der Waals surface area (Å²) in [6, 6.07) is 1.46. The van der Waals surface area contributed by atoms with Crippen molar-refractivity contribution in [2.75, 3.05) is 6.54 Å². The fourth-order valence-corrected chi connectivity index (χ4v) is 1.77. The number of hydrogen-bond donors (Lipinski definition) is 2. The van der Waals surface area contributed by atoms with Crippen LogP contribution in [0.4, 0.5) is 0 Å². The van der Waals surface area contributed by atoms with Crippen molar-refractivity contribution < 1.29 is 5.11 Å². The van der Waals surface area contributed by atoms with Crippen molar-refractivity contribution in [1.29, 1.82) is 0 Å². The first-order valence-electron chi connectivity index (χ1n) is 4.98. The molecule has 0 amide bonds. The summed E-state index contributed by atoms with van der Waals surface area (Å²) in [4.78, 5) is 8.17. The minimum atomic E-state index is -0.00752. The van der Waals surface area contributed by atoms with E-state index in [9.17, 15) is 5.11 Å². The van der Waals surface area contributed by atoms with Crippen LogP contribution >= 0.6 is 0 Å². The Labute approximate surface area is 92.4 Å². The molecule has 0 aliphatic carbocycles. The number of aromatic nitrogens is 2. The van der Waals surface area contributed by atoms with E-state index >= 15 is 0 Å². The quantitative estimate of drug-likeness (QED) is 0.724. The Bertz CT molecular complexity index is 518. The molecule has 0 bridgehead atoms. The van der Waals surface area contributed by atoms with Gasteiger partial charge in [0.25, 0.3) is 0 Å². The zero-order chi connectivity index (χ0) is 11.0. The van der Waals surface area contributed by atoms with Crippen LogP contribution in [0.1, 0.15) is 5.82 Å². The van der Waals surface area contributed by atoms with Crippen molar-refractivity contribution >= 4 is 5.57 Å². The zero-order valence-electron chi connectivity index (χ0n) is 8.46. The molecule has 0 saturated heterocycles. The van der Waals surface area contributed by atoms with Gasteiger partial charge in [-0.05, 0) is 12.2 Å². The predicted molar refractivity (Wildman–Crippen MR) is 58.7 cm³/mol. The molecule has 2 N–H and O–H groups in total. The highest BCUT2D eigenvalue weighted by Crippen LogP contribution is 2.26. The smallest absolute Gasteiger partial charge is 0.214 e. The van der Waals surface area contributed by atoms with Crippen molar-refractivity contribution in [3.63, 3.8) is 0 Å². The van der Waals surface area contributed by atoms with Gasteiger partial charge in [0.15, 0.2) is 5.82 Å². The van der Waals surface area contributed by atoms with Crippen molar-refractivity contribution in [3.8, 4) is 5.88 Å². The third kappa shape index (κ3) is 1.38. The number of hydrogen-bond acceptors (Lipinski definition) is 5. The van der Waals surface area contributed by atoms with E-state index in [0.717, 1.165) is 11.3 Å². The van der Waals surface area contributed by atoms with Gasteiger partial charge in [-0.2, -0.15) is 4.98 Å². The summed E-state index contributed by atoms with van der Waals surface area (Å²) in [5.74, 6) is 0.553. The maximum Gasteiger partial charge on any atom is 0.214 e. The van der Waals surface area contributed by atoms with Crippen LogP contribution in [0.5, 0.6) is 5.88 Å². The normalized spacial score (nSPS) is 18.1. The average molecular weight is 214 g/mol. The lowest BCUT2D eigenvalue weighted by molar-refractivity contribution is 0.395. The van der Waals surface area contributed by atoms with E-state index in [1.54, 1.807) is 6.20 Å². The minimum Gasteiger partial charge on any atom is -0.493 e. The number of allylic oxidation sites excluding steroid dienone is 3. The molecule has 0 spiro atoms. The minimum absolute atomic E-state index is 0.00752. The third-order valence-corrected chi connectivity index (χ3v) is 2.51. The topological polar surface area (TPSA) is 61.3 Å². The second kappa shape index (κ2) is 3.46. The van der Waals surface area contributed by atoms with Crippen molar-refractivity contribution in [2.24, 2.45) is 0 Å². The number of fused-ring (bicyclic) bond motifs is 1. The summed E-state index contributed by atoms with van der Waals surface area (Å²) < 4.78 is 0. The monoisotopic (exact) mass is 214 g/mol. The fourth-order valence-electron chi connectivity index (χ4n) is 1.77. The Morgan fingerprint density at radius 3 is 3.19 bits per heavy atom. The van der Waals surface area contributed by atoms with Gasteiger partial charge in [-0.15, -0.1) is 0 Å². The molecule has 1 aromatic heterocycles. The first-order chi connectivity index (χ1) is 7.84. The molecule has 0 aromatic carbocycles. The summed E-state index contributed by atoms with van der Waals surface area (Å²) in [5.41, 5.74) is 5.19. The highest BCUT2D eigenvalue weighted by molar-refractivity contribution is 5.70. The van der Waals surface area contributed by atoms with Gasteiger partial charge >= 0.3 is 0 Å². The second-order valence-electron chi connectivity index (χ2n) is 3.51. The molecule has 2 aliphatic rings. The zero-order valence-corrected chi connectivity index (χ0v) is 8.46. The van der Waals surface area contributed by atoms with E-state index in [4.69, 9.17) is 0 Å². The van der Waals surface area contributed by atoms with Crippen molar-refractivity contribution in [1.82, 2.24) is 20.4 Å². The first-order valence-corrected chi connectivity index (χ1v) is 4.98. The van der Waals surface area contributed by atoms with Crippen LogP contribution in [0.15, 0.2) is 42.4 Å². The Hall–Kier alpha value is -2.14. The second-order valence-corrected chi connectivity index (χ2v) is 3.51. The van der Waals surface area contributed by atoms with Crippen LogP contribution in [-0.4, -0.2) is 26.6 Å². The van der Waals surface area contributed by atoms with Gasteiger partial charge in [-0.3, -0.25) is 5.01 Å². The molecule has 5 nitrogen and oxygen atoms in total. The summed E-state index contributed by atoms with van der Waals surface area (Å²) in [7, 11) is 0. The lowest BCUT2D eigenvalue weighted by Crippen LogP contribution is -2.26. The molecule has 0 saturated carbocycles. The number of aromatic hydroxyl groups is 1. The number of hydrazine groups is 1. The van der Waals surface area contributed by atoms with Crippen LogP contribution in [0.25, 0.3) is 5.57 Å². The van der Waals surface area contributed by atoms with E-state index in [1.807, 2.05) is 29.4 Å². The molecular weight excluding hydrogens is 204 g/mol. The highest BCUT2D eigenvalue weighted by atomic mass is 16.3. The lowest BCUT2D eigenvalue weighted by Gasteiger charge is -2.16. The summed E-state index contributed by atoms with van der Waals surface area (Å²) >= 11 is 0. The molecule has 3 heterocycles.